The summed E-state index contributed by atoms with van der Waals surface area (Å²) in [6.07, 6.45) is 4.79. The monoisotopic (exact) mass is 425 g/mol. The summed E-state index contributed by atoms with van der Waals surface area (Å²) in [5.41, 5.74) is 3.51. The Hall–Kier alpha value is -2.52. The molecular weight excluding hydrogens is 394 g/mol. The normalized spacial score (nSPS) is 16.2. The zero-order valence-electron chi connectivity index (χ0n) is 18.1. The van der Waals surface area contributed by atoms with E-state index >= 15 is 0 Å². The molecular formula is C24H31N3O2S. The van der Waals surface area contributed by atoms with Crippen molar-refractivity contribution in [2.75, 3.05) is 18.5 Å². The van der Waals surface area contributed by atoms with Crippen molar-refractivity contribution in [1.82, 2.24) is 0 Å². The highest BCUT2D eigenvalue weighted by Gasteiger charge is 2.23. The number of anilines is 1. The molecule has 160 valence electrons. The Morgan fingerprint density at radius 2 is 2.13 bits per heavy atom. The topological polar surface area (TPSA) is 77.6 Å². The Kier molecular flexibility index (Phi) is 7.75. The minimum absolute atomic E-state index is 0.563. The van der Waals surface area contributed by atoms with Crippen molar-refractivity contribution in [2.24, 2.45) is 17.0 Å². The molecule has 0 saturated heterocycles. The van der Waals surface area contributed by atoms with Crippen molar-refractivity contribution in [1.29, 1.82) is 5.26 Å². The standard InChI is InChI=1S/C24H31N3O2S/c1-16(2)11-13-29-19-7-5-18(6-8-19)22(27-28)10-12-26-24-21(15-25)20-9-4-17(3)14-23(20)30-24/h5-8,16-17,26,28H,4,9-14H2,1-3H3. The van der Waals surface area contributed by atoms with Crippen LogP contribution in [0.1, 0.15) is 61.6 Å². The van der Waals surface area contributed by atoms with Gasteiger partial charge in [-0.25, -0.2) is 0 Å². The molecule has 1 heterocycles. The van der Waals surface area contributed by atoms with Gasteiger partial charge < -0.3 is 15.3 Å². The van der Waals surface area contributed by atoms with E-state index in [1.54, 1.807) is 11.3 Å². The maximum atomic E-state index is 9.62. The third-order valence-electron chi connectivity index (χ3n) is 5.54. The number of nitrogens with one attached hydrogen (secondary N) is 1. The first-order valence-corrected chi connectivity index (χ1v) is 11.6. The zero-order valence-corrected chi connectivity index (χ0v) is 18.9. The molecule has 5 nitrogen and oxygen atoms in total. The number of hydrogen-bond acceptors (Lipinski definition) is 6. The van der Waals surface area contributed by atoms with Gasteiger partial charge in [0.1, 0.15) is 16.8 Å². The van der Waals surface area contributed by atoms with E-state index in [9.17, 15) is 10.5 Å². The first kappa shape index (κ1) is 22.2. The fraction of sp³-hybridized carbons (Fsp3) is 0.500. The fourth-order valence-corrected chi connectivity index (χ4v) is 5.08. The minimum atomic E-state index is 0.563. The quantitative estimate of drug-likeness (QED) is 0.300. The Bertz CT molecular complexity index is 910. The number of rotatable bonds is 9. The summed E-state index contributed by atoms with van der Waals surface area (Å²) in [5.74, 6) is 2.12. The smallest absolute Gasteiger partial charge is 0.119 e. The molecule has 0 radical (unpaired) electrons. The second kappa shape index (κ2) is 10.5. The maximum absolute atomic E-state index is 9.62. The van der Waals surface area contributed by atoms with Gasteiger partial charge in [0, 0.05) is 17.8 Å². The maximum Gasteiger partial charge on any atom is 0.119 e. The number of fused-ring (bicyclic) bond motifs is 1. The van der Waals surface area contributed by atoms with Crippen LogP contribution in [0.15, 0.2) is 29.4 Å². The number of ether oxygens (including phenoxy) is 1. The predicted octanol–water partition coefficient (Wildman–Crippen LogP) is 5.85. The number of nitriles is 1. The highest BCUT2D eigenvalue weighted by atomic mass is 32.1. The molecule has 0 spiro atoms. The van der Waals surface area contributed by atoms with Crippen molar-refractivity contribution in [3.05, 3.63) is 45.8 Å². The summed E-state index contributed by atoms with van der Waals surface area (Å²) in [7, 11) is 0. The molecule has 0 saturated carbocycles. The molecule has 0 aliphatic heterocycles. The molecule has 0 amide bonds. The fourth-order valence-electron chi connectivity index (χ4n) is 3.70. The number of thiophene rings is 1. The summed E-state index contributed by atoms with van der Waals surface area (Å²) < 4.78 is 5.75. The lowest BCUT2D eigenvalue weighted by molar-refractivity contribution is 0.289. The Morgan fingerprint density at radius 3 is 2.80 bits per heavy atom. The Morgan fingerprint density at radius 1 is 1.37 bits per heavy atom. The summed E-state index contributed by atoms with van der Waals surface area (Å²) in [6, 6.07) is 10.1. The molecule has 1 aromatic carbocycles. The Labute approximate surface area is 183 Å². The van der Waals surface area contributed by atoms with Gasteiger partial charge >= 0.3 is 0 Å². The molecule has 30 heavy (non-hydrogen) atoms. The van der Waals surface area contributed by atoms with Gasteiger partial charge in [-0.2, -0.15) is 5.26 Å². The van der Waals surface area contributed by atoms with E-state index in [1.807, 2.05) is 24.3 Å². The number of hydrogen-bond donors (Lipinski definition) is 2. The second-order valence-electron chi connectivity index (χ2n) is 8.45. The molecule has 0 fully saturated rings. The first-order chi connectivity index (χ1) is 14.5. The third-order valence-corrected chi connectivity index (χ3v) is 6.76. The van der Waals surface area contributed by atoms with Crippen LogP contribution in [0.25, 0.3) is 0 Å². The lowest BCUT2D eigenvalue weighted by Crippen LogP contribution is -2.11. The van der Waals surface area contributed by atoms with E-state index in [2.05, 4.69) is 37.3 Å². The molecule has 0 bridgehead atoms. The van der Waals surface area contributed by atoms with Crippen molar-refractivity contribution in [3.8, 4) is 11.8 Å². The minimum Gasteiger partial charge on any atom is -0.494 e. The SMILES string of the molecule is CC(C)CCOc1ccc(C(CCNc2sc3c(c2C#N)CCC(C)C3)=NO)cc1. The lowest BCUT2D eigenvalue weighted by atomic mass is 9.88. The van der Waals surface area contributed by atoms with E-state index in [0.29, 0.717) is 37.1 Å². The number of nitrogens with zero attached hydrogens (tertiary/aromatic N) is 2. The van der Waals surface area contributed by atoms with Crippen LogP contribution in [-0.4, -0.2) is 24.1 Å². The Balaban J connectivity index is 1.57. The summed E-state index contributed by atoms with van der Waals surface area (Å²) in [5, 5.41) is 27.0. The van der Waals surface area contributed by atoms with Crippen LogP contribution in [0.4, 0.5) is 5.00 Å². The van der Waals surface area contributed by atoms with Crippen LogP contribution in [0, 0.1) is 23.2 Å². The zero-order chi connectivity index (χ0) is 21.5. The van der Waals surface area contributed by atoms with Gasteiger partial charge in [0.2, 0.25) is 0 Å². The van der Waals surface area contributed by atoms with Gasteiger partial charge in [-0.05, 0) is 72.9 Å². The van der Waals surface area contributed by atoms with Gasteiger partial charge in [-0.3, -0.25) is 0 Å². The van der Waals surface area contributed by atoms with Gasteiger partial charge in [-0.1, -0.05) is 25.9 Å². The average molecular weight is 426 g/mol. The van der Waals surface area contributed by atoms with Crippen molar-refractivity contribution >= 4 is 22.0 Å². The van der Waals surface area contributed by atoms with Crippen LogP contribution >= 0.6 is 11.3 Å². The molecule has 2 N–H and O–H groups in total. The molecule has 1 unspecified atom stereocenters. The van der Waals surface area contributed by atoms with Gasteiger partial charge in [0.15, 0.2) is 0 Å². The third kappa shape index (κ3) is 5.54. The second-order valence-corrected chi connectivity index (χ2v) is 9.55. The van der Waals surface area contributed by atoms with E-state index in [1.165, 1.54) is 10.4 Å². The van der Waals surface area contributed by atoms with E-state index < -0.39 is 0 Å². The van der Waals surface area contributed by atoms with Gasteiger partial charge in [0.05, 0.1) is 17.9 Å². The average Bonchev–Trinajstić information content (AvgIpc) is 3.08. The highest BCUT2D eigenvalue weighted by molar-refractivity contribution is 7.16. The molecule has 3 rings (SSSR count). The first-order valence-electron chi connectivity index (χ1n) is 10.7. The van der Waals surface area contributed by atoms with E-state index in [4.69, 9.17) is 4.74 Å². The van der Waals surface area contributed by atoms with Crippen molar-refractivity contribution in [2.45, 2.75) is 52.9 Å². The van der Waals surface area contributed by atoms with Crippen molar-refractivity contribution < 1.29 is 9.94 Å². The van der Waals surface area contributed by atoms with E-state index in [-0.39, 0.29) is 0 Å². The largest absolute Gasteiger partial charge is 0.494 e. The molecule has 1 aromatic heterocycles. The lowest BCUT2D eigenvalue weighted by Gasteiger charge is -2.17. The van der Waals surface area contributed by atoms with Crippen LogP contribution in [0.2, 0.25) is 0 Å². The molecule has 6 heteroatoms. The number of oxime groups is 1. The summed E-state index contributed by atoms with van der Waals surface area (Å²) in [4.78, 5) is 1.34. The van der Waals surface area contributed by atoms with Crippen LogP contribution in [0.3, 0.4) is 0 Å². The van der Waals surface area contributed by atoms with E-state index in [0.717, 1.165) is 47.6 Å². The summed E-state index contributed by atoms with van der Waals surface area (Å²) in [6.45, 7) is 7.93. The molecule has 1 atom stereocenters. The van der Waals surface area contributed by atoms with Crippen LogP contribution in [0.5, 0.6) is 5.75 Å². The molecule has 2 aromatic rings. The van der Waals surface area contributed by atoms with Crippen molar-refractivity contribution in [3.63, 3.8) is 0 Å². The van der Waals surface area contributed by atoms with Gasteiger partial charge in [-0.15, -0.1) is 11.3 Å². The predicted molar refractivity (Wildman–Crippen MR) is 123 cm³/mol. The highest BCUT2D eigenvalue weighted by Crippen LogP contribution is 2.39. The van der Waals surface area contributed by atoms with Crippen LogP contribution in [-0.2, 0) is 12.8 Å². The van der Waals surface area contributed by atoms with Gasteiger partial charge in [0.25, 0.3) is 0 Å². The number of benzene rings is 1. The molecule has 1 aliphatic rings. The summed E-state index contributed by atoms with van der Waals surface area (Å²) >= 11 is 1.70. The molecule has 1 aliphatic carbocycles. The van der Waals surface area contributed by atoms with Crippen LogP contribution < -0.4 is 10.1 Å².